The van der Waals surface area contributed by atoms with Crippen LogP contribution in [-0.2, 0) is 0 Å². The van der Waals surface area contributed by atoms with Gasteiger partial charge >= 0.3 is 0 Å². The van der Waals surface area contributed by atoms with Gasteiger partial charge in [-0.25, -0.2) is 0 Å². The van der Waals surface area contributed by atoms with E-state index in [-0.39, 0.29) is 6.04 Å². The van der Waals surface area contributed by atoms with Crippen molar-refractivity contribution < 1.29 is 0 Å². The molecule has 1 aromatic carbocycles. The predicted molar refractivity (Wildman–Crippen MR) is 93.4 cm³/mol. The van der Waals surface area contributed by atoms with Gasteiger partial charge in [0.2, 0.25) is 0 Å². The number of hydrogen-bond acceptors (Lipinski definition) is 3. The summed E-state index contributed by atoms with van der Waals surface area (Å²) < 4.78 is 1.11. The summed E-state index contributed by atoms with van der Waals surface area (Å²) in [5, 5.41) is 0. The van der Waals surface area contributed by atoms with Gasteiger partial charge < -0.3 is 15.5 Å². The molecule has 0 bridgehead atoms. The Balaban J connectivity index is 1.70. The van der Waals surface area contributed by atoms with Gasteiger partial charge in [-0.2, -0.15) is 0 Å². The van der Waals surface area contributed by atoms with Crippen LogP contribution in [0.15, 0.2) is 28.7 Å². The van der Waals surface area contributed by atoms with Gasteiger partial charge in [-0.1, -0.05) is 28.1 Å². The molecule has 1 atom stereocenters. The maximum atomic E-state index is 6.31. The molecule has 118 valence electrons. The third-order valence-electron chi connectivity index (χ3n) is 4.38. The molecule has 2 rings (SSSR count). The van der Waals surface area contributed by atoms with Crippen molar-refractivity contribution in [3.8, 4) is 0 Å². The van der Waals surface area contributed by atoms with E-state index >= 15 is 0 Å². The molecular weight excluding hydrogens is 326 g/mol. The minimum Gasteiger partial charge on any atom is -0.324 e. The lowest BCUT2D eigenvalue weighted by Gasteiger charge is -2.33. The zero-order valence-electron chi connectivity index (χ0n) is 13.3. The lowest BCUT2D eigenvalue weighted by atomic mass is 9.96. The molecule has 4 heteroatoms. The summed E-state index contributed by atoms with van der Waals surface area (Å²) in [5.41, 5.74) is 7.54. The molecular formula is C17H28BrN3. The number of likely N-dealkylation sites (tertiary alicyclic amines) is 1. The Morgan fingerprint density at radius 2 is 1.86 bits per heavy atom. The minimum atomic E-state index is 0.151. The first-order valence-corrected chi connectivity index (χ1v) is 8.72. The van der Waals surface area contributed by atoms with Gasteiger partial charge in [-0.3, -0.25) is 0 Å². The van der Waals surface area contributed by atoms with E-state index in [1.54, 1.807) is 0 Å². The smallest absolute Gasteiger partial charge is 0.0307 e. The topological polar surface area (TPSA) is 32.5 Å². The van der Waals surface area contributed by atoms with Crippen molar-refractivity contribution in [2.45, 2.75) is 25.3 Å². The van der Waals surface area contributed by atoms with Crippen molar-refractivity contribution in [3.05, 3.63) is 34.3 Å². The number of piperidine rings is 1. The minimum absolute atomic E-state index is 0.151. The molecule has 0 radical (unpaired) electrons. The fourth-order valence-corrected chi connectivity index (χ4v) is 3.37. The van der Waals surface area contributed by atoms with E-state index in [1.807, 2.05) is 0 Å². The number of nitrogens with two attached hydrogens (primary N) is 1. The summed E-state index contributed by atoms with van der Waals surface area (Å²) in [7, 11) is 4.34. The maximum Gasteiger partial charge on any atom is 0.0307 e. The zero-order chi connectivity index (χ0) is 15.2. The highest BCUT2D eigenvalue weighted by Crippen LogP contribution is 2.21. The highest BCUT2D eigenvalue weighted by molar-refractivity contribution is 9.10. The molecule has 0 amide bonds. The van der Waals surface area contributed by atoms with Crippen molar-refractivity contribution in [2.75, 3.05) is 40.3 Å². The van der Waals surface area contributed by atoms with E-state index in [2.05, 4.69) is 64.1 Å². The summed E-state index contributed by atoms with van der Waals surface area (Å²) in [4.78, 5) is 4.88. The average Bonchev–Trinajstić information content (AvgIpc) is 2.46. The predicted octanol–water partition coefficient (Wildman–Crippen LogP) is 3.11. The molecule has 1 saturated heterocycles. The first kappa shape index (κ1) is 16.9. The molecule has 0 saturated carbocycles. The van der Waals surface area contributed by atoms with E-state index < -0.39 is 0 Å². The highest BCUT2D eigenvalue weighted by Gasteiger charge is 2.20. The number of benzene rings is 1. The fraction of sp³-hybridized carbons (Fsp3) is 0.647. The average molecular weight is 354 g/mol. The Hall–Kier alpha value is -0.420. The quantitative estimate of drug-likeness (QED) is 0.852. The van der Waals surface area contributed by atoms with Crippen LogP contribution < -0.4 is 5.73 Å². The molecule has 1 unspecified atom stereocenters. The van der Waals surface area contributed by atoms with Gasteiger partial charge in [-0.15, -0.1) is 0 Å². The van der Waals surface area contributed by atoms with Gasteiger partial charge in [0.1, 0.15) is 0 Å². The zero-order valence-corrected chi connectivity index (χ0v) is 14.8. The Labute approximate surface area is 137 Å². The number of nitrogens with zero attached hydrogens (tertiary/aromatic N) is 2. The number of rotatable bonds is 6. The molecule has 1 aliphatic heterocycles. The Kier molecular flexibility index (Phi) is 6.68. The van der Waals surface area contributed by atoms with Crippen molar-refractivity contribution in [3.63, 3.8) is 0 Å². The summed E-state index contributed by atoms with van der Waals surface area (Å²) >= 11 is 3.47. The van der Waals surface area contributed by atoms with E-state index in [4.69, 9.17) is 5.73 Å². The normalized spacial score (nSPS) is 19.1. The van der Waals surface area contributed by atoms with Crippen LogP contribution in [0.3, 0.4) is 0 Å². The summed E-state index contributed by atoms with van der Waals surface area (Å²) in [5.74, 6) is 0.872. The van der Waals surface area contributed by atoms with Gasteiger partial charge in [-0.05, 0) is 76.6 Å². The third-order valence-corrected chi connectivity index (χ3v) is 4.91. The van der Waals surface area contributed by atoms with Gasteiger partial charge in [0.25, 0.3) is 0 Å². The summed E-state index contributed by atoms with van der Waals surface area (Å²) in [6.07, 6.45) is 3.69. The maximum absolute atomic E-state index is 6.31. The van der Waals surface area contributed by atoms with E-state index in [9.17, 15) is 0 Å². The van der Waals surface area contributed by atoms with Crippen molar-refractivity contribution >= 4 is 15.9 Å². The Morgan fingerprint density at radius 1 is 1.24 bits per heavy atom. The number of halogens is 1. The van der Waals surface area contributed by atoms with Crippen LogP contribution in [-0.4, -0.2) is 50.1 Å². The second-order valence-electron chi connectivity index (χ2n) is 6.49. The van der Waals surface area contributed by atoms with Crippen LogP contribution in [0.2, 0.25) is 0 Å². The third kappa shape index (κ3) is 5.70. The van der Waals surface area contributed by atoms with Crippen molar-refractivity contribution in [1.29, 1.82) is 0 Å². The summed E-state index contributed by atoms with van der Waals surface area (Å²) in [6.45, 7) is 4.80. The van der Waals surface area contributed by atoms with Gasteiger partial charge in [0.15, 0.2) is 0 Å². The lowest BCUT2D eigenvalue weighted by Crippen LogP contribution is -2.38. The second kappa shape index (κ2) is 8.28. The highest BCUT2D eigenvalue weighted by atomic mass is 79.9. The Morgan fingerprint density at radius 3 is 2.43 bits per heavy atom. The lowest BCUT2D eigenvalue weighted by molar-refractivity contribution is 0.159. The van der Waals surface area contributed by atoms with Crippen LogP contribution in [0.4, 0.5) is 0 Å². The molecule has 3 nitrogen and oxygen atoms in total. The standard InChI is InChI=1S/C17H28BrN3/c1-20(2)13-14-7-10-21(11-8-14)12-9-17(19)15-3-5-16(18)6-4-15/h3-6,14,17H,7-13,19H2,1-2H3. The molecule has 1 fully saturated rings. The van der Waals surface area contributed by atoms with Gasteiger partial charge in [0, 0.05) is 17.1 Å². The fourth-order valence-electron chi connectivity index (χ4n) is 3.11. The molecule has 2 N–H and O–H groups in total. The van der Waals surface area contributed by atoms with Crippen molar-refractivity contribution in [2.24, 2.45) is 11.7 Å². The van der Waals surface area contributed by atoms with Crippen LogP contribution in [0, 0.1) is 5.92 Å². The van der Waals surface area contributed by atoms with Gasteiger partial charge in [0.05, 0.1) is 0 Å². The first-order chi connectivity index (χ1) is 10.0. The van der Waals surface area contributed by atoms with Crippen molar-refractivity contribution in [1.82, 2.24) is 9.80 Å². The SMILES string of the molecule is CN(C)CC1CCN(CCC(N)c2ccc(Br)cc2)CC1. The summed E-state index contributed by atoms with van der Waals surface area (Å²) in [6, 6.07) is 8.54. The molecule has 21 heavy (non-hydrogen) atoms. The number of hydrogen-bond donors (Lipinski definition) is 1. The van der Waals surface area contributed by atoms with E-state index in [0.717, 1.165) is 23.4 Å². The second-order valence-corrected chi connectivity index (χ2v) is 7.41. The largest absolute Gasteiger partial charge is 0.324 e. The molecule has 0 spiro atoms. The van der Waals surface area contributed by atoms with Crippen LogP contribution in [0.5, 0.6) is 0 Å². The Bertz CT molecular complexity index is 411. The van der Waals surface area contributed by atoms with Crippen LogP contribution in [0.1, 0.15) is 30.9 Å². The van der Waals surface area contributed by atoms with Crippen LogP contribution >= 0.6 is 15.9 Å². The van der Waals surface area contributed by atoms with E-state index in [0.29, 0.717) is 0 Å². The molecule has 1 aromatic rings. The molecule has 1 heterocycles. The van der Waals surface area contributed by atoms with Crippen LogP contribution in [0.25, 0.3) is 0 Å². The monoisotopic (exact) mass is 353 g/mol. The molecule has 0 aliphatic carbocycles. The first-order valence-electron chi connectivity index (χ1n) is 7.92. The molecule has 0 aromatic heterocycles. The molecule has 1 aliphatic rings. The van der Waals surface area contributed by atoms with E-state index in [1.165, 1.54) is 38.0 Å².